The Balaban J connectivity index is 2.07. The van der Waals surface area contributed by atoms with E-state index in [9.17, 15) is 19.8 Å². The van der Waals surface area contributed by atoms with Crippen molar-refractivity contribution in [3.63, 3.8) is 0 Å². The van der Waals surface area contributed by atoms with Crippen LogP contribution in [0.1, 0.15) is 12.5 Å². The van der Waals surface area contributed by atoms with Gasteiger partial charge in [0, 0.05) is 6.54 Å². The van der Waals surface area contributed by atoms with Crippen LogP contribution in [-0.2, 0) is 20.7 Å². The molecule has 1 aromatic rings. The third-order valence-electron chi connectivity index (χ3n) is 3.72. The third kappa shape index (κ3) is 3.52. The lowest BCUT2D eigenvalue weighted by Crippen LogP contribution is -2.47. The van der Waals surface area contributed by atoms with E-state index in [0.29, 0.717) is 6.54 Å². The molecule has 1 saturated heterocycles. The van der Waals surface area contributed by atoms with Crippen LogP contribution in [0.5, 0.6) is 5.75 Å². The number of hydrogen-bond donors (Lipinski definition) is 2. The van der Waals surface area contributed by atoms with E-state index in [1.54, 1.807) is 17.0 Å². The Morgan fingerprint density at radius 2 is 1.95 bits per heavy atom. The normalized spacial score (nSPS) is 21.2. The second-order valence-electron chi connectivity index (χ2n) is 5.07. The van der Waals surface area contributed by atoms with Crippen LogP contribution >= 0.6 is 0 Å². The van der Waals surface area contributed by atoms with E-state index in [4.69, 9.17) is 4.74 Å². The first-order valence-electron chi connectivity index (χ1n) is 6.90. The summed E-state index contributed by atoms with van der Waals surface area (Å²) in [6, 6.07) is 5.99. The molecule has 0 aromatic heterocycles. The molecule has 0 spiro atoms. The second-order valence-corrected chi connectivity index (χ2v) is 5.07. The quantitative estimate of drug-likeness (QED) is 0.841. The molecule has 1 heterocycles. The lowest BCUT2D eigenvalue weighted by Gasteiger charge is -2.29. The van der Waals surface area contributed by atoms with Crippen LogP contribution in [-0.4, -0.2) is 52.8 Å². The number of carbonyl (C=O) groups is 2. The van der Waals surface area contributed by atoms with Gasteiger partial charge in [-0.2, -0.15) is 0 Å². The number of aromatic hydroxyl groups is 1. The van der Waals surface area contributed by atoms with Crippen LogP contribution in [0.4, 0.5) is 0 Å². The molecule has 114 valence electrons. The van der Waals surface area contributed by atoms with Crippen LogP contribution in [0.15, 0.2) is 24.3 Å². The molecule has 6 nitrogen and oxygen atoms in total. The van der Waals surface area contributed by atoms with Gasteiger partial charge in [-0.3, -0.25) is 9.59 Å². The number of nitrogens with zero attached hydrogens (tertiary/aromatic N) is 1. The molecule has 2 rings (SSSR count). The zero-order valence-corrected chi connectivity index (χ0v) is 11.9. The Hall–Kier alpha value is -2.08. The van der Waals surface area contributed by atoms with Gasteiger partial charge in [0.2, 0.25) is 5.91 Å². The van der Waals surface area contributed by atoms with Crippen LogP contribution in [0.2, 0.25) is 0 Å². The molecule has 1 fully saturated rings. The summed E-state index contributed by atoms with van der Waals surface area (Å²) in [5.74, 6) is -1.60. The number of carboxylic acid groups (broad SMARTS) is 1. The lowest BCUT2D eigenvalue weighted by molar-refractivity contribution is -0.144. The molecule has 2 N–H and O–H groups in total. The minimum Gasteiger partial charge on any atom is -0.508 e. The summed E-state index contributed by atoms with van der Waals surface area (Å²) in [6.45, 7) is 2.66. The van der Waals surface area contributed by atoms with Gasteiger partial charge in [-0.1, -0.05) is 12.1 Å². The van der Waals surface area contributed by atoms with Gasteiger partial charge in [0.25, 0.3) is 0 Å². The van der Waals surface area contributed by atoms with Crippen molar-refractivity contribution in [3.8, 4) is 5.75 Å². The van der Waals surface area contributed by atoms with Gasteiger partial charge >= 0.3 is 5.97 Å². The average Bonchev–Trinajstić information content (AvgIpc) is 2.91. The maximum atomic E-state index is 12.4. The number of phenolic OH excluding ortho intramolecular Hbond substituents is 1. The SMILES string of the molecule is CCN(C(=O)Cc1ccc(O)cc1)C1COCC1C(=O)O. The van der Waals surface area contributed by atoms with E-state index in [2.05, 4.69) is 0 Å². The van der Waals surface area contributed by atoms with Crippen LogP contribution in [0.3, 0.4) is 0 Å². The second kappa shape index (κ2) is 6.58. The summed E-state index contributed by atoms with van der Waals surface area (Å²) in [5.41, 5.74) is 0.780. The van der Waals surface area contributed by atoms with Crippen molar-refractivity contribution in [1.29, 1.82) is 0 Å². The number of amides is 1. The van der Waals surface area contributed by atoms with Crippen molar-refractivity contribution in [2.24, 2.45) is 5.92 Å². The predicted molar refractivity (Wildman–Crippen MR) is 74.9 cm³/mol. The number of phenols is 1. The molecule has 1 aliphatic heterocycles. The molecular weight excluding hydrogens is 274 g/mol. The fraction of sp³-hybridized carbons (Fsp3) is 0.467. The van der Waals surface area contributed by atoms with Crippen molar-refractivity contribution in [1.82, 2.24) is 4.90 Å². The summed E-state index contributed by atoms with van der Waals surface area (Å²) in [7, 11) is 0. The first-order chi connectivity index (χ1) is 10.0. The molecule has 0 aliphatic carbocycles. The third-order valence-corrected chi connectivity index (χ3v) is 3.72. The minimum atomic E-state index is -0.937. The minimum absolute atomic E-state index is 0.134. The molecule has 2 unspecified atom stereocenters. The van der Waals surface area contributed by atoms with E-state index in [0.717, 1.165) is 5.56 Å². The van der Waals surface area contributed by atoms with Crippen molar-refractivity contribution >= 4 is 11.9 Å². The molecule has 1 amide bonds. The van der Waals surface area contributed by atoms with E-state index in [1.807, 2.05) is 6.92 Å². The molecule has 2 atom stereocenters. The van der Waals surface area contributed by atoms with Gasteiger partial charge < -0.3 is 19.8 Å². The summed E-state index contributed by atoms with van der Waals surface area (Å²) in [4.78, 5) is 25.2. The average molecular weight is 293 g/mol. The molecule has 0 saturated carbocycles. The van der Waals surface area contributed by atoms with E-state index >= 15 is 0 Å². The number of hydrogen-bond acceptors (Lipinski definition) is 4. The van der Waals surface area contributed by atoms with Crippen LogP contribution in [0.25, 0.3) is 0 Å². The zero-order valence-electron chi connectivity index (χ0n) is 11.9. The van der Waals surface area contributed by atoms with E-state index < -0.39 is 17.9 Å². The molecule has 0 bridgehead atoms. The van der Waals surface area contributed by atoms with Gasteiger partial charge in [-0.15, -0.1) is 0 Å². The molecular formula is C15H19NO5. The van der Waals surface area contributed by atoms with E-state index in [1.165, 1.54) is 12.1 Å². The summed E-state index contributed by atoms with van der Waals surface area (Å²) >= 11 is 0. The monoisotopic (exact) mass is 293 g/mol. The van der Waals surface area contributed by atoms with Crippen LogP contribution in [0, 0.1) is 5.92 Å². The molecule has 21 heavy (non-hydrogen) atoms. The van der Waals surface area contributed by atoms with Gasteiger partial charge in [0.1, 0.15) is 11.7 Å². The molecule has 1 aromatic carbocycles. The molecule has 6 heteroatoms. The molecule has 0 radical (unpaired) electrons. The van der Waals surface area contributed by atoms with Crippen molar-refractivity contribution in [2.45, 2.75) is 19.4 Å². The Bertz CT molecular complexity index is 513. The Morgan fingerprint density at radius 3 is 2.52 bits per heavy atom. The summed E-state index contributed by atoms with van der Waals surface area (Å²) < 4.78 is 5.22. The number of likely N-dealkylation sites (N-methyl/N-ethyl adjacent to an activating group) is 1. The van der Waals surface area contributed by atoms with E-state index in [-0.39, 0.29) is 31.3 Å². The van der Waals surface area contributed by atoms with Crippen molar-refractivity contribution in [2.75, 3.05) is 19.8 Å². The number of carboxylic acids is 1. The fourth-order valence-electron chi connectivity index (χ4n) is 2.57. The highest BCUT2D eigenvalue weighted by molar-refractivity contribution is 5.80. The van der Waals surface area contributed by atoms with Gasteiger partial charge in [0.15, 0.2) is 0 Å². The van der Waals surface area contributed by atoms with Gasteiger partial charge in [0.05, 0.1) is 25.7 Å². The number of ether oxygens (including phenoxy) is 1. The smallest absolute Gasteiger partial charge is 0.311 e. The van der Waals surface area contributed by atoms with Gasteiger partial charge in [-0.25, -0.2) is 0 Å². The first kappa shape index (κ1) is 15.3. The maximum Gasteiger partial charge on any atom is 0.311 e. The van der Waals surface area contributed by atoms with Gasteiger partial charge in [-0.05, 0) is 24.6 Å². The summed E-state index contributed by atoms with van der Waals surface area (Å²) in [5, 5.41) is 18.4. The van der Waals surface area contributed by atoms with Crippen molar-refractivity contribution in [3.05, 3.63) is 29.8 Å². The molecule has 1 aliphatic rings. The Kier molecular flexibility index (Phi) is 4.80. The standard InChI is InChI=1S/C15H19NO5/c1-2-16(13-9-21-8-12(13)15(19)20)14(18)7-10-3-5-11(17)6-4-10/h3-6,12-13,17H,2,7-9H2,1H3,(H,19,20). The number of rotatable bonds is 5. The van der Waals surface area contributed by atoms with Crippen molar-refractivity contribution < 1.29 is 24.5 Å². The van der Waals surface area contributed by atoms with Crippen LogP contribution < -0.4 is 0 Å². The topological polar surface area (TPSA) is 87.1 Å². The zero-order chi connectivity index (χ0) is 15.4. The first-order valence-corrected chi connectivity index (χ1v) is 6.90. The Labute approximate surface area is 122 Å². The predicted octanol–water partition coefficient (Wildman–Crippen LogP) is 0.883. The maximum absolute atomic E-state index is 12.4. The number of carbonyl (C=O) groups excluding carboxylic acids is 1. The number of benzene rings is 1. The largest absolute Gasteiger partial charge is 0.508 e. The summed E-state index contributed by atoms with van der Waals surface area (Å²) in [6.07, 6.45) is 0.178. The lowest BCUT2D eigenvalue weighted by atomic mass is 10.0. The highest BCUT2D eigenvalue weighted by Crippen LogP contribution is 2.21. The highest BCUT2D eigenvalue weighted by Gasteiger charge is 2.39. The highest BCUT2D eigenvalue weighted by atomic mass is 16.5. The number of aliphatic carboxylic acids is 1. The Morgan fingerprint density at radius 1 is 1.29 bits per heavy atom. The fourth-order valence-corrected chi connectivity index (χ4v) is 2.57.